The van der Waals surface area contributed by atoms with Gasteiger partial charge in [0.15, 0.2) is 12.2 Å². The molecule has 8 nitrogen and oxygen atoms in total. The highest BCUT2D eigenvalue weighted by atomic mass is 16.6. The second-order valence-electron chi connectivity index (χ2n) is 8.93. The van der Waals surface area contributed by atoms with Gasteiger partial charge < -0.3 is 24.1 Å². The van der Waals surface area contributed by atoms with Gasteiger partial charge in [0.2, 0.25) is 0 Å². The molecule has 0 saturated carbocycles. The zero-order chi connectivity index (χ0) is 25.0. The maximum Gasteiger partial charge on any atom is 0.339 e. The van der Waals surface area contributed by atoms with Crippen molar-refractivity contribution >= 4 is 17.9 Å². The number of esters is 2. The topological polar surface area (TPSA) is 108 Å². The fraction of sp³-hybridized carbons (Fsp3) is 0.640. The van der Waals surface area contributed by atoms with E-state index in [1.54, 1.807) is 27.7 Å². The molecule has 0 spiro atoms. The number of carboxylic acid groups (broad SMARTS) is 1. The predicted molar refractivity (Wildman–Crippen MR) is 123 cm³/mol. The summed E-state index contributed by atoms with van der Waals surface area (Å²) in [6.07, 6.45) is 0.106. The Balaban J connectivity index is 2.64. The molecule has 1 N–H and O–H groups in total. The van der Waals surface area contributed by atoms with Gasteiger partial charge in [0, 0.05) is 6.61 Å². The van der Waals surface area contributed by atoms with Crippen LogP contribution in [0, 0.1) is 13.8 Å². The fourth-order valence-corrected chi connectivity index (χ4v) is 3.06. The Hall–Kier alpha value is -2.45. The van der Waals surface area contributed by atoms with Gasteiger partial charge in [-0.3, -0.25) is 0 Å². The Morgan fingerprint density at radius 2 is 1.67 bits per heavy atom. The number of unbranched alkanes of at least 4 members (excludes halogenated alkanes) is 2. The monoisotopic (exact) mass is 466 g/mol. The molecule has 186 valence electrons. The molecule has 0 aliphatic heterocycles. The summed E-state index contributed by atoms with van der Waals surface area (Å²) >= 11 is 0. The molecule has 0 saturated heterocycles. The lowest BCUT2D eigenvalue weighted by atomic mass is 10.0. The summed E-state index contributed by atoms with van der Waals surface area (Å²) in [5.41, 5.74) is 2.92. The first-order valence-electron chi connectivity index (χ1n) is 11.3. The second-order valence-corrected chi connectivity index (χ2v) is 8.93. The van der Waals surface area contributed by atoms with E-state index in [2.05, 4.69) is 32.0 Å². The van der Waals surface area contributed by atoms with E-state index in [1.807, 2.05) is 0 Å². The molecule has 1 aromatic rings. The number of benzene rings is 1. The molecule has 0 radical (unpaired) electrons. The van der Waals surface area contributed by atoms with Gasteiger partial charge in [-0.15, -0.1) is 0 Å². The molecule has 1 aromatic carbocycles. The van der Waals surface area contributed by atoms with Gasteiger partial charge in [-0.05, 0) is 77.5 Å². The third-order valence-electron chi connectivity index (χ3n) is 4.82. The van der Waals surface area contributed by atoms with Crippen molar-refractivity contribution in [3.63, 3.8) is 0 Å². The smallest absolute Gasteiger partial charge is 0.339 e. The van der Waals surface area contributed by atoms with Gasteiger partial charge in [-0.1, -0.05) is 24.6 Å². The Morgan fingerprint density at radius 1 is 0.970 bits per heavy atom. The molecule has 0 aliphatic rings. The van der Waals surface area contributed by atoms with Gasteiger partial charge in [0.1, 0.15) is 12.2 Å². The minimum atomic E-state index is -1.60. The first-order chi connectivity index (χ1) is 15.4. The van der Waals surface area contributed by atoms with E-state index in [0.29, 0.717) is 6.42 Å². The molecule has 8 heteroatoms. The number of aryl methyl sites for hydroxylation is 3. The summed E-state index contributed by atoms with van der Waals surface area (Å²) < 4.78 is 20.9. The number of aliphatic carboxylic acids is 1. The van der Waals surface area contributed by atoms with Crippen LogP contribution < -0.4 is 0 Å². The van der Waals surface area contributed by atoms with E-state index < -0.39 is 42.3 Å². The highest BCUT2D eigenvalue weighted by Gasteiger charge is 2.39. The summed E-state index contributed by atoms with van der Waals surface area (Å²) in [5.74, 6) is -2.99. The van der Waals surface area contributed by atoms with Crippen LogP contribution in [0.1, 0.15) is 63.6 Å². The Bertz CT molecular complexity index is 781. The van der Waals surface area contributed by atoms with Gasteiger partial charge in [-0.2, -0.15) is 0 Å². The maximum absolute atomic E-state index is 12.6. The SMILES string of the molecule is CCOC(=O)CO[C@@H](C(=O)OC(C)(C)C)[C@@H](OCCCCCc1ccc(C)c(C)c1)C(=O)O. The third kappa shape index (κ3) is 11.3. The molecule has 0 fully saturated rings. The minimum absolute atomic E-state index is 0.131. The minimum Gasteiger partial charge on any atom is -0.479 e. The van der Waals surface area contributed by atoms with Crippen molar-refractivity contribution in [2.24, 2.45) is 0 Å². The van der Waals surface area contributed by atoms with Crippen LogP contribution in [0.15, 0.2) is 18.2 Å². The molecule has 1 rings (SSSR count). The molecular weight excluding hydrogens is 428 g/mol. The number of carbonyl (C=O) groups is 3. The summed E-state index contributed by atoms with van der Waals surface area (Å²) in [7, 11) is 0. The second kappa shape index (κ2) is 14.0. The van der Waals surface area contributed by atoms with Crippen molar-refractivity contribution in [1.82, 2.24) is 0 Å². The molecule has 0 amide bonds. The normalized spacial score (nSPS) is 13.3. The third-order valence-corrected chi connectivity index (χ3v) is 4.82. The first kappa shape index (κ1) is 28.6. The van der Waals surface area contributed by atoms with E-state index in [1.165, 1.54) is 16.7 Å². The number of ether oxygens (including phenoxy) is 4. The lowest BCUT2D eigenvalue weighted by Crippen LogP contribution is -2.47. The largest absolute Gasteiger partial charge is 0.479 e. The van der Waals surface area contributed by atoms with E-state index in [0.717, 1.165) is 19.3 Å². The molecule has 0 bridgehead atoms. The van der Waals surface area contributed by atoms with Gasteiger partial charge in [-0.25, -0.2) is 14.4 Å². The van der Waals surface area contributed by atoms with Crippen LogP contribution >= 0.6 is 0 Å². The van der Waals surface area contributed by atoms with E-state index in [4.69, 9.17) is 18.9 Å². The molecular formula is C25H38O8. The lowest BCUT2D eigenvalue weighted by molar-refractivity contribution is -0.190. The van der Waals surface area contributed by atoms with Crippen LogP contribution in [0.5, 0.6) is 0 Å². The Labute approximate surface area is 196 Å². The summed E-state index contributed by atoms with van der Waals surface area (Å²) in [6, 6.07) is 6.41. The van der Waals surface area contributed by atoms with Gasteiger partial charge in [0.25, 0.3) is 0 Å². The van der Waals surface area contributed by atoms with Crippen LogP contribution in [0.2, 0.25) is 0 Å². The molecule has 2 atom stereocenters. The number of hydrogen-bond donors (Lipinski definition) is 1. The maximum atomic E-state index is 12.6. The van der Waals surface area contributed by atoms with Crippen LogP contribution in [-0.2, 0) is 39.8 Å². The number of rotatable bonds is 14. The van der Waals surface area contributed by atoms with Crippen LogP contribution in [0.25, 0.3) is 0 Å². The van der Waals surface area contributed by atoms with Crippen LogP contribution in [0.4, 0.5) is 0 Å². The van der Waals surface area contributed by atoms with Crippen molar-refractivity contribution < 1.29 is 38.4 Å². The van der Waals surface area contributed by atoms with Crippen molar-refractivity contribution in [1.29, 1.82) is 0 Å². The summed E-state index contributed by atoms with van der Waals surface area (Å²) in [4.78, 5) is 36.0. The van der Waals surface area contributed by atoms with E-state index >= 15 is 0 Å². The molecule has 0 aromatic heterocycles. The summed E-state index contributed by atoms with van der Waals surface area (Å²) in [6.45, 7) is 10.4. The van der Waals surface area contributed by atoms with Crippen molar-refractivity contribution in [2.75, 3.05) is 19.8 Å². The van der Waals surface area contributed by atoms with Crippen molar-refractivity contribution in [2.45, 2.75) is 85.0 Å². The zero-order valence-electron chi connectivity index (χ0n) is 20.6. The predicted octanol–water partition coefficient (Wildman–Crippen LogP) is 3.78. The highest BCUT2D eigenvalue weighted by molar-refractivity contribution is 5.85. The molecule has 33 heavy (non-hydrogen) atoms. The average Bonchev–Trinajstić information content (AvgIpc) is 2.70. The highest BCUT2D eigenvalue weighted by Crippen LogP contribution is 2.16. The van der Waals surface area contributed by atoms with E-state index in [-0.39, 0.29) is 13.2 Å². The quantitative estimate of drug-likeness (QED) is 0.326. The standard InChI is InChI=1S/C25H38O8/c1-7-30-20(26)16-32-22(24(29)33-25(4,5)6)21(23(27)28)31-14-10-8-9-11-19-13-12-17(2)18(3)15-19/h12-13,15,21-22H,7-11,14,16H2,1-6H3,(H,27,28)/t21-,22-/m1/s1. The van der Waals surface area contributed by atoms with E-state index in [9.17, 15) is 19.5 Å². The Morgan fingerprint density at radius 3 is 2.24 bits per heavy atom. The lowest BCUT2D eigenvalue weighted by Gasteiger charge is -2.27. The van der Waals surface area contributed by atoms with Crippen molar-refractivity contribution in [3.8, 4) is 0 Å². The number of carboxylic acids is 1. The molecule has 0 aliphatic carbocycles. The zero-order valence-corrected chi connectivity index (χ0v) is 20.6. The first-order valence-corrected chi connectivity index (χ1v) is 11.3. The molecule has 0 unspecified atom stereocenters. The van der Waals surface area contributed by atoms with Gasteiger partial charge >= 0.3 is 17.9 Å². The fourth-order valence-electron chi connectivity index (χ4n) is 3.06. The number of hydrogen-bond acceptors (Lipinski definition) is 7. The summed E-state index contributed by atoms with van der Waals surface area (Å²) in [5, 5.41) is 9.63. The molecule has 0 heterocycles. The Kier molecular flexibility index (Phi) is 12.1. The van der Waals surface area contributed by atoms with Crippen molar-refractivity contribution in [3.05, 3.63) is 34.9 Å². The van der Waals surface area contributed by atoms with Crippen LogP contribution in [-0.4, -0.2) is 60.6 Å². The number of carbonyl (C=O) groups excluding carboxylic acids is 2. The average molecular weight is 467 g/mol. The van der Waals surface area contributed by atoms with Gasteiger partial charge in [0.05, 0.1) is 6.61 Å². The van der Waals surface area contributed by atoms with Crippen LogP contribution in [0.3, 0.4) is 0 Å².